The topological polar surface area (TPSA) is 104 Å². The molecule has 244 valence electrons. The molecule has 13 heteroatoms. The van der Waals surface area contributed by atoms with Crippen molar-refractivity contribution in [1.82, 2.24) is 14.8 Å². The fourth-order valence-corrected chi connectivity index (χ4v) is 6.77. The number of thiazole rings is 1. The Morgan fingerprint density at radius 1 is 1.00 bits per heavy atom. The highest BCUT2D eigenvalue weighted by molar-refractivity contribution is 7.92. The van der Waals surface area contributed by atoms with Crippen molar-refractivity contribution in [3.63, 3.8) is 0 Å². The van der Waals surface area contributed by atoms with E-state index in [2.05, 4.69) is 39.0 Å². The number of halogens is 2. The van der Waals surface area contributed by atoms with Gasteiger partial charge in [0, 0.05) is 43.6 Å². The molecule has 4 aromatic rings. The summed E-state index contributed by atoms with van der Waals surface area (Å²) in [5.74, 6) is 1.35. The molecule has 2 heterocycles. The third kappa shape index (κ3) is 10.5. The predicted molar refractivity (Wildman–Crippen MR) is 189 cm³/mol. The van der Waals surface area contributed by atoms with Crippen molar-refractivity contribution < 1.29 is 17.9 Å². The number of anilines is 2. The zero-order chi connectivity index (χ0) is 30.4. The minimum absolute atomic E-state index is 0. The largest absolute Gasteiger partial charge is 0.457 e. The molecule has 0 unspecified atom stereocenters. The van der Waals surface area contributed by atoms with Crippen LogP contribution in [-0.2, 0) is 16.6 Å². The number of piperidine rings is 1. The second-order valence-corrected chi connectivity index (χ2v) is 14.0. The van der Waals surface area contributed by atoms with Crippen LogP contribution in [0.25, 0.3) is 10.2 Å². The summed E-state index contributed by atoms with van der Waals surface area (Å²) in [6, 6.07) is 21.0. The average Bonchev–Trinajstić information content (AvgIpc) is 3.34. The zero-order valence-electron chi connectivity index (χ0n) is 25.7. The molecule has 0 radical (unpaired) electrons. The third-order valence-corrected chi connectivity index (χ3v) is 9.02. The van der Waals surface area contributed by atoms with Crippen LogP contribution in [0.4, 0.5) is 16.2 Å². The Balaban J connectivity index is 0.00000276. The Bertz CT molecular complexity index is 1640. The summed E-state index contributed by atoms with van der Waals surface area (Å²) >= 11 is 1.64. The number of aryl methyl sites for hydroxylation is 1. The van der Waals surface area contributed by atoms with Gasteiger partial charge in [0.15, 0.2) is 0 Å². The number of amides is 2. The summed E-state index contributed by atoms with van der Waals surface area (Å²) in [6.45, 7) is 7.61. The number of sulfonamides is 1. The van der Waals surface area contributed by atoms with Crippen molar-refractivity contribution in [2.75, 3.05) is 35.9 Å². The van der Waals surface area contributed by atoms with Crippen molar-refractivity contribution in [2.45, 2.75) is 52.1 Å². The maximum Gasteiger partial charge on any atom is 0.322 e. The van der Waals surface area contributed by atoms with Gasteiger partial charge in [-0.2, -0.15) is 0 Å². The van der Waals surface area contributed by atoms with Gasteiger partial charge < -0.3 is 15.0 Å². The molecule has 5 rings (SSSR count). The number of rotatable bonds is 11. The van der Waals surface area contributed by atoms with Crippen molar-refractivity contribution in [2.24, 2.45) is 0 Å². The van der Waals surface area contributed by atoms with Crippen LogP contribution >= 0.6 is 36.2 Å². The van der Waals surface area contributed by atoms with E-state index in [1.54, 1.807) is 35.6 Å². The van der Waals surface area contributed by atoms with Crippen molar-refractivity contribution >= 4 is 73.8 Å². The fraction of sp³-hybridized carbons (Fsp3) is 0.375. The number of fused-ring (bicyclic) bond motifs is 1. The van der Waals surface area contributed by atoms with E-state index in [0.717, 1.165) is 79.0 Å². The number of urea groups is 1. The lowest BCUT2D eigenvalue weighted by molar-refractivity contribution is 0.122. The molecule has 0 atom stereocenters. The van der Waals surface area contributed by atoms with E-state index in [-0.39, 0.29) is 36.9 Å². The van der Waals surface area contributed by atoms with E-state index < -0.39 is 10.0 Å². The molecule has 1 aliphatic rings. The van der Waals surface area contributed by atoms with Crippen LogP contribution in [0.5, 0.6) is 11.5 Å². The maximum absolute atomic E-state index is 13.4. The average molecular weight is 695 g/mol. The molecular formula is C32H41Cl2N5O4S2. The SMILES string of the molecule is CCCCN(C(=O)Nc1ccc2nc(C)sc2c1)C1CCN(Cc2ccc(Oc3ccc(NS(C)(=O)=O)cc3)cc2)CC1.Cl.Cl. The Labute approximate surface area is 282 Å². The summed E-state index contributed by atoms with van der Waals surface area (Å²) in [5, 5.41) is 4.17. The number of nitrogens with one attached hydrogen (secondary N) is 2. The van der Waals surface area contributed by atoms with E-state index in [1.807, 2.05) is 42.2 Å². The molecule has 0 bridgehead atoms. The minimum Gasteiger partial charge on any atom is -0.457 e. The number of ether oxygens (including phenoxy) is 1. The van der Waals surface area contributed by atoms with Gasteiger partial charge in [-0.15, -0.1) is 36.2 Å². The molecule has 3 aromatic carbocycles. The number of likely N-dealkylation sites (tertiary alicyclic amines) is 1. The van der Waals surface area contributed by atoms with Crippen LogP contribution in [0.3, 0.4) is 0 Å². The van der Waals surface area contributed by atoms with Crippen LogP contribution < -0.4 is 14.8 Å². The molecule has 2 amide bonds. The van der Waals surface area contributed by atoms with E-state index in [0.29, 0.717) is 17.2 Å². The number of hydrogen-bond acceptors (Lipinski definition) is 7. The van der Waals surface area contributed by atoms with Gasteiger partial charge in [0.25, 0.3) is 0 Å². The zero-order valence-corrected chi connectivity index (χ0v) is 29.0. The lowest BCUT2D eigenvalue weighted by Crippen LogP contribution is -2.49. The Hall–Kier alpha value is -3.09. The van der Waals surface area contributed by atoms with E-state index >= 15 is 0 Å². The number of benzene rings is 3. The number of aromatic nitrogens is 1. The van der Waals surface area contributed by atoms with Gasteiger partial charge in [0.2, 0.25) is 10.0 Å². The molecule has 1 aromatic heterocycles. The molecule has 0 saturated carbocycles. The van der Waals surface area contributed by atoms with Gasteiger partial charge in [-0.05, 0) is 86.3 Å². The first-order valence-electron chi connectivity index (χ1n) is 14.7. The van der Waals surface area contributed by atoms with Crippen molar-refractivity contribution in [1.29, 1.82) is 0 Å². The number of carbonyl (C=O) groups excluding carboxylic acids is 1. The predicted octanol–water partition coefficient (Wildman–Crippen LogP) is 7.91. The van der Waals surface area contributed by atoms with Crippen LogP contribution in [0.1, 0.15) is 43.2 Å². The van der Waals surface area contributed by atoms with Crippen LogP contribution in [0.15, 0.2) is 66.7 Å². The van der Waals surface area contributed by atoms with Crippen molar-refractivity contribution in [3.05, 3.63) is 77.3 Å². The van der Waals surface area contributed by atoms with Gasteiger partial charge in [-0.1, -0.05) is 25.5 Å². The molecular weight excluding hydrogens is 653 g/mol. The monoisotopic (exact) mass is 693 g/mol. The molecule has 1 saturated heterocycles. The first kappa shape index (κ1) is 36.4. The summed E-state index contributed by atoms with van der Waals surface area (Å²) in [6.07, 6.45) is 5.03. The summed E-state index contributed by atoms with van der Waals surface area (Å²) in [5.41, 5.74) is 3.47. The summed E-state index contributed by atoms with van der Waals surface area (Å²) in [4.78, 5) is 22.4. The van der Waals surface area contributed by atoms with E-state index in [4.69, 9.17) is 4.74 Å². The number of nitrogens with zero attached hydrogens (tertiary/aromatic N) is 3. The standard InChI is InChI=1S/C32H39N5O4S2.2ClH/c1-4-5-18-37(32(38)34-26-10-15-30-31(21-26)42-23(2)33-30)27-16-19-36(20-17-27)22-24-6-11-28(12-7-24)41-29-13-8-25(9-14-29)35-43(3,39)40;;/h6-15,21,27,35H,4-5,16-20,22H2,1-3H3,(H,34,38);2*1H. The third-order valence-electron chi connectivity index (χ3n) is 7.48. The summed E-state index contributed by atoms with van der Waals surface area (Å²) < 4.78 is 32.2. The number of unbranched alkanes of at least 4 members (excludes halogenated alkanes) is 1. The normalized spacial score (nSPS) is 13.8. The first-order chi connectivity index (χ1) is 20.6. The van der Waals surface area contributed by atoms with Crippen LogP contribution in [0, 0.1) is 6.92 Å². The van der Waals surface area contributed by atoms with Crippen LogP contribution in [0.2, 0.25) is 0 Å². The Morgan fingerprint density at radius 3 is 2.24 bits per heavy atom. The molecule has 1 aliphatic heterocycles. The highest BCUT2D eigenvalue weighted by Crippen LogP contribution is 2.27. The van der Waals surface area contributed by atoms with Crippen molar-refractivity contribution in [3.8, 4) is 11.5 Å². The molecule has 0 aliphatic carbocycles. The molecule has 45 heavy (non-hydrogen) atoms. The second-order valence-electron chi connectivity index (χ2n) is 11.0. The molecule has 2 N–H and O–H groups in total. The number of carbonyl (C=O) groups is 1. The number of hydrogen-bond donors (Lipinski definition) is 2. The Kier molecular flexibility index (Phi) is 13.3. The maximum atomic E-state index is 13.4. The van der Waals surface area contributed by atoms with E-state index in [9.17, 15) is 13.2 Å². The highest BCUT2D eigenvalue weighted by atomic mass is 35.5. The van der Waals surface area contributed by atoms with E-state index in [1.165, 1.54) is 5.56 Å². The fourth-order valence-electron chi connectivity index (χ4n) is 5.34. The first-order valence-corrected chi connectivity index (χ1v) is 17.4. The quantitative estimate of drug-likeness (QED) is 0.165. The van der Waals surface area contributed by atoms with Gasteiger partial charge in [-0.3, -0.25) is 9.62 Å². The molecule has 0 spiro atoms. The minimum atomic E-state index is -3.32. The smallest absolute Gasteiger partial charge is 0.322 e. The lowest BCUT2D eigenvalue weighted by atomic mass is 10.0. The van der Waals surface area contributed by atoms with Crippen LogP contribution in [-0.4, -0.2) is 61.2 Å². The molecule has 9 nitrogen and oxygen atoms in total. The lowest BCUT2D eigenvalue weighted by Gasteiger charge is -2.38. The second kappa shape index (κ2) is 16.5. The highest BCUT2D eigenvalue weighted by Gasteiger charge is 2.28. The van der Waals surface area contributed by atoms with Gasteiger partial charge >= 0.3 is 6.03 Å². The Morgan fingerprint density at radius 2 is 1.62 bits per heavy atom. The molecule has 1 fully saturated rings. The van der Waals surface area contributed by atoms with Gasteiger partial charge in [0.1, 0.15) is 11.5 Å². The van der Waals surface area contributed by atoms with Gasteiger partial charge in [-0.25, -0.2) is 18.2 Å². The van der Waals surface area contributed by atoms with Gasteiger partial charge in [0.05, 0.1) is 21.5 Å². The summed E-state index contributed by atoms with van der Waals surface area (Å²) in [7, 11) is -3.32.